The summed E-state index contributed by atoms with van der Waals surface area (Å²) in [5, 5.41) is 3.28. The number of hydrogen-bond acceptors (Lipinski definition) is 2. The van der Waals surface area contributed by atoms with Crippen LogP contribution in [0.3, 0.4) is 0 Å². The molecule has 1 saturated heterocycles. The van der Waals surface area contributed by atoms with E-state index >= 15 is 0 Å². The molecule has 0 radical (unpaired) electrons. The molecular weight excluding hydrogens is 248 g/mol. The minimum atomic E-state index is 0.141. The highest BCUT2D eigenvalue weighted by molar-refractivity contribution is 5.79. The Morgan fingerprint density at radius 1 is 1.15 bits per heavy atom. The van der Waals surface area contributed by atoms with Crippen LogP contribution in [0.4, 0.5) is 0 Å². The van der Waals surface area contributed by atoms with Crippen molar-refractivity contribution >= 4 is 5.91 Å². The fraction of sp³-hybridized carbons (Fsp3) is 0.588. The summed E-state index contributed by atoms with van der Waals surface area (Å²) in [5.74, 6) is 0.518. The molecule has 2 aliphatic rings. The van der Waals surface area contributed by atoms with Crippen molar-refractivity contribution in [3.63, 3.8) is 0 Å². The average Bonchev–Trinajstić information content (AvgIpc) is 2.90. The molecule has 0 aromatic heterocycles. The zero-order valence-electron chi connectivity index (χ0n) is 12.1. The second-order valence-corrected chi connectivity index (χ2v) is 6.11. The highest BCUT2D eigenvalue weighted by Gasteiger charge is 2.28. The molecule has 0 spiro atoms. The van der Waals surface area contributed by atoms with Crippen LogP contribution in [0.2, 0.25) is 0 Å². The van der Waals surface area contributed by atoms with Gasteiger partial charge in [-0.05, 0) is 44.3 Å². The predicted molar refractivity (Wildman–Crippen MR) is 80.3 cm³/mol. The minimum absolute atomic E-state index is 0.141. The van der Waals surface area contributed by atoms with Crippen LogP contribution in [0.25, 0.3) is 0 Å². The van der Waals surface area contributed by atoms with E-state index in [1.54, 1.807) is 0 Å². The minimum Gasteiger partial charge on any atom is -0.348 e. The maximum absolute atomic E-state index is 12.3. The Bertz CT molecular complexity index is 436. The monoisotopic (exact) mass is 272 g/mol. The first-order valence-electron chi connectivity index (χ1n) is 7.90. The van der Waals surface area contributed by atoms with Crippen LogP contribution < -0.4 is 5.32 Å². The Morgan fingerprint density at radius 2 is 1.85 bits per heavy atom. The van der Waals surface area contributed by atoms with Gasteiger partial charge in [0.2, 0.25) is 5.91 Å². The molecule has 1 aromatic rings. The lowest BCUT2D eigenvalue weighted by Gasteiger charge is -2.29. The molecule has 3 heteroatoms. The number of amides is 1. The molecule has 1 aliphatic heterocycles. The lowest BCUT2D eigenvalue weighted by Crippen LogP contribution is -2.41. The van der Waals surface area contributed by atoms with Gasteiger partial charge in [0.25, 0.3) is 0 Å². The van der Waals surface area contributed by atoms with Gasteiger partial charge in [-0.25, -0.2) is 0 Å². The van der Waals surface area contributed by atoms with Gasteiger partial charge in [-0.3, -0.25) is 4.79 Å². The van der Waals surface area contributed by atoms with Crippen LogP contribution >= 0.6 is 0 Å². The summed E-state index contributed by atoms with van der Waals surface area (Å²) in [4.78, 5) is 14.7. The zero-order valence-corrected chi connectivity index (χ0v) is 12.1. The van der Waals surface area contributed by atoms with Gasteiger partial charge >= 0.3 is 0 Å². The van der Waals surface area contributed by atoms with Gasteiger partial charge in [0, 0.05) is 12.5 Å². The summed E-state index contributed by atoms with van der Waals surface area (Å²) in [6.45, 7) is 3.29. The number of carbonyl (C=O) groups is 1. The van der Waals surface area contributed by atoms with E-state index < -0.39 is 0 Å². The third kappa shape index (κ3) is 3.21. The Morgan fingerprint density at radius 3 is 2.45 bits per heavy atom. The summed E-state index contributed by atoms with van der Waals surface area (Å²) in [7, 11) is 0. The largest absolute Gasteiger partial charge is 0.348 e. The molecule has 1 aliphatic carbocycles. The summed E-state index contributed by atoms with van der Waals surface area (Å²) in [6.07, 6.45) is 5.92. The number of hydrogen-bond donors (Lipinski definition) is 1. The Labute approximate surface area is 121 Å². The number of rotatable bonds is 5. The van der Waals surface area contributed by atoms with Crippen molar-refractivity contribution in [3.05, 3.63) is 35.9 Å². The highest BCUT2D eigenvalue weighted by atomic mass is 16.2. The van der Waals surface area contributed by atoms with Crippen molar-refractivity contribution in [2.24, 2.45) is 5.92 Å². The van der Waals surface area contributed by atoms with Gasteiger partial charge in [-0.2, -0.15) is 0 Å². The quantitative estimate of drug-likeness (QED) is 0.894. The molecule has 108 valence electrons. The maximum atomic E-state index is 12.3. The van der Waals surface area contributed by atoms with Crippen LogP contribution in [0, 0.1) is 5.92 Å². The topological polar surface area (TPSA) is 32.3 Å². The van der Waals surface area contributed by atoms with E-state index in [0.717, 1.165) is 19.4 Å². The average molecular weight is 272 g/mol. The molecule has 1 aromatic carbocycles. The fourth-order valence-corrected chi connectivity index (χ4v) is 3.10. The van der Waals surface area contributed by atoms with E-state index in [0.29, 0.717) is 0 Å². The first-order chi connectivity index (χ1) is 9.83. The van der Waals surface area contributed by atoms with Crippen molar-refractivity contribution in [2.45, 2.75) is 38.1 Å². The number of likely N-dealkylation sites (tertiary alicyclic amines) is 1. The normalized spacial score (nSPS) is 21.4. The smallest absolute Gasteiger partial charge is 0.223 e. The van der Waals surface area contributed by atoms with E-state index in [2.05, 4.69) is 34.5 Å². The van der Waals surface area contributed by atoms with Crippen molar-refractivity contribution in [3.8, 4) is 0 Å². The molecular formula is C17H24N2O. The van der Waals surface area contributed by atoms with Gasteiger partial charge in [0.15, 0.2) is 0 Å². The standard InChI is InChI=1S/C17H24N2O/c20-17(15-9-6-10-15)18-16(13-19-11-4-5-12-19)14-7-2-1-3-8-14/h1-3,7-8,15-16H,4-6,9-13H2,(H,18,20). The Kier molecular flexibility index (Phi) is 4.36. The van der Waals surface area contributed by atoms with E-state index in [1.165, 1.54) is 37.9 Å². The van der Waals surface area contributed by atoms with Crippen molar-refractivity contribution in [1.82, 2.24) is 10.2 Å². The lowest BCUT2D eigenvalue weighted by molar-refractivity contribution is -0.128. The van der Waals surface area contributed by atoms with Crippen LogP contribution in [0.15, 0.2) is 30.3 Å². The van der Waals surface area contributed by atoms with Gasteiger partial charge in [0.1, 0.15) is 0 Å². The zero-order chi connectivity index (χ0) is 13.8. The van der Waals surface area contributed by atoms with Gasteiger partial charge < -0.3 is 10.2 Å². The summed E-state index contributed by atoms with van der Waals surface area (Å²) < 4.78 is 0. The highest BCUT2D eigenvalue weighted by Crippen LogP contribution is 2.27. The molecule has 20 heavy (non-hydrogen) atoms. The fourth-order valence-electron chi connectivity index (χ4n) is 3.10. The first kappa shape index (κ1) is 13.6. The van der Waals surface area contributed by atoms with Crippen molar-refractivity contribution in [1.29, 1.82) is 0 Å². The molecule has 1 N–H and O–H groups in total. The van der Waals surface area contributed by atoms with Gasteiger partial charge in [-0.15, -0.1) is 0 Å². The predicted octanol–water partition coefficient (Wildman–Crippen LogP) is 2.74. The second kappa shape index (κ2) is 6.40. The van der Waals surface area contributed by atoms with Crippen molar-refractivity contribution < 1.29 is 4.79 Å². The number of nitrogens with one attached hydrogen (secondary N) is 1. The molecule has 2 fully saturated rings. The maximum Gasteiger partial charge on any atom is 0.223 e. The van der Waals surface area contributed by atoms with Gasteiger partial charge in [0.05, 0.1) is 6.04 Å². The van der Waals surface area contributed by atoms with E-state index in [9.17, 15) is 4.79 Å². The Balaban J connectivity index is 1.67. The summed E-state index contributed by atoms with van der Waals surface area (Å²) in [6, 6.07) is 10.5. The van der Waals surface area contributed by atoms with E-state index in [4.69, 9.17) is 0 Å². The number of benzene rings is 1. The van der Waals surface area contributed by atoms with Gasteiger partial charge in [-0.1, -0.05) is 36.8 Å². The van der Waals surface area contributed by atoms with E-state index in [-0.39, 0.29) is 17.9 Å². The molecule has 1 unspecified atom stereocenters. The van der Waals surface area contributed by atoms with Crippen LogP contribution in [-0.4, -0.2) is 30.4 Å². The molecule has 3 rings (SSSR count). The third-order valence-electron chi connectivity index (χ3n) is 4.63. The van der Waals surface area contributed by atoms with Crippen LogP contribution in [-0.2, 0) is 4.79 Å². The molecule has 1 heterocycles. The molecule has 0 bridgehead atoms. The Hall–Kier alpha value is -1.35. The number of carbonyl (C=O) groups excluding carboxylic acids is 1. The summed E-state index contributed by atoms with van der Waals surface area (Å²) in [5.41, 5.74) is 1.23. The first-order valence-corrected chi connectivity index (χ1v) is 7.90. The second-order valence-electron chi connectivity index (χ2n) is 6.11. The SMILES string of the molecule is O=C(NC(CN1CCCC1)c1ccccc1)C1CCC1. The lowest BCUT2D eigenvalue weighted by atomic mass is 9.84. The molecule has 1 amide bonds. The molecule has 1 atom stereocenters. The number of nitrogens with zero attached hydrogens (tertiary/aromatic N) is 1. The molecule has 3 nitrogen and oxygen atoms in total. The van der Waals surface area contributed by atoms with Crippen molar-refractivity contribution in [2.75, 3.05) is 19.6 Å². The van der Waals surface area contributed by atoms with Crippen LogP contribution in [0.5, 0.6) is 0 Å². The molecule has 1 saturated carbocycles. The summed E-state index contributed by atoms with van der Waals surface area (Å²) >= 11 is 0. The third-order valence-corrected chi connectivity index (χ3v) is 4.63. The van der Waals surface area contributed by atoms with E-state index in [1.807, 2.05) is 6.07 Å². The van der Waals surface area contributed by atoms with Crippen LogP contribution in [0.1, 0.15) is 43.7 Å².